The third-order valence-electron chi connectivity index (χ3n) is 2.60. The number of hydrogen-bond acceptors (Lipinski definition) is 1. The largest absolute Gasteiger partial charge is 0.519 e. The SMILES string of the molecule is C#C[Si](C#C)(Oc1ccccc1)c1ccccc1. The average molecular weight is 248 g/mol. The highest BCUT2D eigenvalue weighted by Crippen LogP contribution is 2.14. The van der Waals surface area contributed by atoms with Gasteiger partial charge >= 0.3 is 8.32 Å². The molecule has 0 radical (unpaired) electrons. The van der Waals surface area contributed by atoms with Crippen LogP contribution in [0.3, 0.4) is 0 Å². The minimum atomic E-state index is -2.80. The second kappa shape index (κ2) is 5.27. The smallest absolute Gasteiger partial charge is 0.445 e. The normalized spacial score (nSPS) is 10.1. The lowest BCUT2D eigenvalue weighted by Gasteiger charge is -2.21. The van der Waals surface area contributed by atoms with Crippen LogP contribution in [0.1, 0.15) is 0 Å². The van der Waals surface area contributed by atoms with E-state index in [-0.39, 0.29) is 0 Å². The highest BCUT2D eigenvalue weighted by atomic mass is 28.4. The third kappa shape index (κ3) is 2.30. The summed E-state index contributed by atoms with van der Waals surface area (Å²) in [6.07, 6.45) is 11.3. The zero-order valence-electron chi connectivity index (χ0n) is 9.84. The molecule has 0 amide bonds. The van der Waals surface area contributed by atoms with Crippen molar-refractivity contribution >= 4 is 13.5 Å². The minimum Gasteiger partial charge on any atom is -0.519 e. The molecule has 0 atom stereocenters. The lowest BCUT2D eigenvalue weighted by atomic mass is 10.3. The van der Waals surface area contributed by atoms with E-state index in [0.717, 1.165) is 5.19 Å². The highest BCUT2D eigenvalue weighted by molar-refractivity contribution is 7.00. The van der Waals surface area contributed by atoms with E-state index in [1.165, 1.54) is 0 Å². The van der Waals surface area contributed by atoms with E-state index < -0.39 is 8.32 Å². The number of rotatable bonds is 3. The van der Waals surface area contributed by atoms with Crippen molar-refractivity contribution in [3.05, 3.63) is 60.7 Å². The van der Waals surface area contributed by atoms with Crippen molar-refractivity contribution in [3.8, 4) is 29.7 Å². The molecule has 1 nitrogen and oxygen atoms in total. The van der Waals surface area contributed by atoms with Crippen LogP contribution in [0, 0.1) is 23.9 Å². The van der Waals surface area contributed by atoms with Crippen LogP contribution >= 0.6 is 0 Å². The van der Waals surface area contributed by atoms with Gasteiger partial charge in [0.05, 0.1) is 0 Å². The highest BCUT2D eigenvalue weighted by Gasteiger charge is 2.36. The van der Waals surface area contributed by atoms with E-state index in [4.69, 9.17) is 17.3 Å². The predicted octanol–water partition coefficient (Wildman–Crippen LogP) is 2.26. The van der Waals surface area contributed by atoms with Gasteiger partial charge in [0.1, 0.15) is 5.75 Å². The molecule has 0 spiro atoms. The maximum absolute atomic E-state index is 5.95. The van der Waals surface area contributed by atoms with E-state index in [9.17, 15) is 0 Å². The van der Waals surface area contributed by atoms with Gasteiger partial charge in [-0.15, -0.1) is 12.8 Å². The molecule has 0 bridgehead atoms. The van der Waals surface area contributed by atoms with Gasteiger partial charge in [-0.3, -0.25) is 0 Å². The Hall–Kier alpha value is -2.42. The lowest BCUT2D eigenvalue weighted by Crippen LogP contribution is -2.52. The quantitative estimate of drug-likeness (QED) is 0.598. The van der Waals surface area contributed by atoms with Crippen molar-refractivity contribution in [1.29, 1.82) is 0 Å². The maximum atomic E-state index is 5.95. The van der Waals surface area contributed by atoms with Crippen molar-refractivity contribution in [2.45, 2.75) is 0 Å². The summed E-state index contributed by atoms with van der Waals surface area (Å²) in [6, 6.07) is 19.0. The van der Waals surface area contributed by atoms with E-state index in [1.54, 1.807) is 0 Å². The zero-order chi connectivity index (χ0) is 12.8. The molecule has 2 rings (SSSR count). The molecular formula is C16H12OSi. The summed E-state index contributed by atoms with van der Waals surface area (Å²) < 4.78 is 5.95. The van der Waals surface area contributed by atoms with E-state index in [0.29, 0.717) is 5.75 Å². The molecule has 0 aliphatic heterocycles. The van der Waals surface area contributed by atoms with Gasteiger partial charge < -0.3 is 4.43 Å². The standard InChI is InChI=1S/C16H12OSi/c1-3-18(4-2,16-13-9-6-10-14-16)17-15-11-7-5-8-12-15/h1-2,5-14H. The molecule has 0 saturated heterocycles. The Bertz CT molecular complexity index is 576. The molecule has 0 saturated carbocycles. The molecule has 0 heterocycles. The third-order valence-corrected chi connectivity index (χ3v) is 5.10. The van der Waals surface area contributed by atoms with Gasteiger partial charge in [-0.1, -0.05) is 59.6 Å². The van der Waals surface area contributed by atoms with Crippen LogP contribution in [0.4, 0.5) is 0 Å². The van der Waals surface area contributed by atoms with Crippen molar-refractivity contribution in [1.82, 2.24) is 0 Å². The molecule has 0 aromatic heterocycles. The molecule has 0 aliphatic carbocycles. The molecule has 0 fully saturated rings. The lowest BCUT2D eigenvalue weighted by molar-refractivity contribution is 0.580. The second-order valence-corrected chi connectivity index (χ2v) is 6.47. The summed E-state index contributed by atoms with van der Waals surface area (Å²) >= 11 is 0. The average Bonchev–Trinajstić information content (AvgIpc) is 2.47. The molecule has 86 valence electrons. The van der Waals surface area contributed by atoms with Gasteiger partial charge in [0.25, 0.3) is 0 Å². The second-order valence-electron chi connectivity index (χ2n) is 3.75. The summed E-state index contributed by atoms with van der Waals surface area (Å²) in [6.45, 7) is 0. The Labute approximate surface area is 109 Å². The Morgan fingerprint density at radius 2 is 1.28 bits per heavy atom. The number of benzene rings is 2. The van der Waals surface area contributed by atoms with Gasteiger partial charge in [-0.25, -0.2) is 0 Å². The Kier molecular flexibility index (Phi) is 3.53. The van der Waals surface area contributed by atoms with Gasteiger partial charge in [0.15, 0.2) is 0 Å². The maximum Gasteiger partial charge on any atom is 0.445 e. The molecule has 2 aromatic rings. The fourth-order valence-corrected chi connectivity index (χ4v) is 3.47. The molecular weight excluding hydrogens is 236 g/mol. The number of hydrogen-bond donors (Lipinski definition) is 0. The summed E-state index contributed by atoms with van der Waals surface area (Å²) in [4.78, 5) is 0. The van der Waals surface area contributed by atoms with E-state index >= 15 is 0 Å². The predicted molar refractivity (Wildman–Crippen MR) is 76.6 cm³/mol. The van der Waals surface area contributed by atoms with Crippen LogP contribution in [-0.4, -0.2) is 8.32 Å². The number of para-hydroxylation sites is 1. The first-order valence-electron chi connectivity index (χ1n) is 5.56. The molecule has 0 unspecified atom stereocenters. The fourth-order valence-electron chi connectivity index (χ4n) is 1.66. The first kappa shape index (κ1) is 12.0. The van der Waals surface area contributed by atoms with Crippen LogP contribution in [0.25, 0.3) is 0 Å². The number of terminal acetylenes is 2. The summed E-state index contributed by atoms with van der Waals surface area (Å²) in [7, 11) is -2.80. The van der Waals surface area contributed by atoms with E-state index in [1.807, 2.05) is 60.7 Å². The Morgan fingerprint density at radius 3 is 1.78 bits per heavy atom. The van der Waals surface area contributed by atoms with Crippen LogP contribution in [0.5, 0.6) is 5.75 Å². The minimum absolute atomic E-state index is 0.712. The van der Waals surface area contributed by atoms with Crippen LogP contribution in [0.2, 0.25) is 0 Å². The first-order valence-corrected chi connectivity index (χ1v) is 7.47. The Morgan fingerprint density at radius 1 is 0.778 bits per heavy atom. The van der Waals surface area contributed by atoms with Crippen molar-refractivity contribution in [2.24, 2.45) is 0 Å². The molecule has 2 heteroatoms. The van der Waals surface area contributed by atoms with Crippen molar-refractivity contribution in [2.75, 3.05) is 0 Å². The van der Waals surface area contributed by atoms with Crippen molar-refractivity contribution < 1.29 is 4.43 Å². The summed E-state index contributed by atoms with van der Waals surface area (Å²) in [5.41, 5.74) is 5.42. The molecule has 2 aromatic carbocycles. The zero-order valence-corrected chi connectivity index (χ0v) is 10.8. The summed E-state index contributed by atoms with van der Waals surface area (Å²) in [5, 5.41) is 0.916. The van der Waals surface area contributed by atoms with E-state index in [2.05, 4.69) is 11.1 Å². The van der Waals surface area contributed by atoms with Gasteiger partial charge in [0, 0.05) is 5.19 Å². The monoisotopic (exact) mass is 248 g/mol. The van der Waals surface area contributed by atoms with Crippen LogP contribution in [0.15, 0.2) is 60.7 Å². The topological polar surface area (TPSA) is 9.23 Å². The van der Waals surface area contributed by atoms with Gasteiger partial charge in [-0.05, 0) is 12.1 Å². The van der Waals surface area contributed by atoms with Gasteiger partial charge in [-0.2, -0.15) is 0 Å². The van der Waals surface area contributed by atoms with Crippen molar-refractivity contribution in [3.63, 3.8) is 0 Å². The molecule has 18 heavy (non-hydrogen) atoms. The summed E-state index contributed by atoms with van der Waals surface area (Å²) in [5.74, 6) is 0.712. The molecule has 0 N–H and O–H groups in total. The Balaban J connectivity index is 2.42. The first-order chi connectivity index (χ1) is 8.80. The van der Waals surface area contributed by atoms with Crippen LogP contribution in [-0.2, 0) is 0 Å². The van der Waals surface area contributed by atoms with Gasteiger partial charge in [0.2, 0.25) is 0 Å². The fraction of sp³-hybridized carbons (Fsp3) is 0. The molecule has 0 aliphatic rings. The van der Waals surface area contributed by atoms with Crippen LogP contribution < -0.4 is 9.61 Å².